The van der Waals surface area contributed by atoms with Crippen LogP contribution in [0, 0.1) is 0 Å². The van der Waals surface area contributed by atoms with E-state index in [1.54, 1.807) is 7.11 Å². The molecule has 2 N–H and O–H groups in total. The number of aliphatic hydroxyl groups is 1. The van der Waals surface area contributed by atoms with Gasteiger partial charge in [-0.2, -0.15) is 0 Å². The van der Waals surface area contributed by atoms with E-state index in [1.165, 1.54) is 0 Å². The number of amides is 1. The van der Waals surface area contributed by atoms with E-state index in [0.717, 1.165) is 36.9 Å². The highest BCUT2D eigenvalue weighted by Gasteiger charge is 2.33. The average molecular weight is 263 g/mol. The van der Waals surface area contributed by atoms with Gasteiger partial charge in [0.25, 0.3) is 0 Å². The van der Waals surface area contributed by atoms with Crippen LogP contribution in [0.5, 0.6) is 0 Å². The Labute approximate surface area is 113 Å². The first kappa shape index (κ1) is 14.0. The third-order valence-electron chi connectivity index (χ3n) is 3.62. The van der Waals surface area contributed by atoms with Crippen molar-refractivity contribution in [3.8, 4) is 0 Å². The molecule has 0 saturated heterocycles. The molecule has 1 aromatic rings. The molecule has 0 unspecified atom stereocenters. The van der Waals surface area contributed by atoms with Crippen LogP contribution in [0.15, 0.2) is 24.3 Å². The summed E-state index contributed by atoms with van der Waals surface area (Å²) in [6, 6.07) is 7.56. The van der Waals surface area contributed by atoms with E-state index in [4.69, 9.17) is 4.74 Å². The fourth-order valence-corrected chi connectivity index (χ4v) is 2.63. The normalized spacial score (nSPS) is 17.4. The Morgan fingerprint density at radius 2 is 2.05 bits per heavy atom. The van der Waals surface area contributed by atoms with Gasteiger partial charge < -0.3 is 15.2 Å². The van der Waals surface area contributed by atoms with E-state index < -0.39 is 5.60 Å². The Hall–Kier alpha value is -1.39. The minimum absolute atomic E-state index is 0.132. The van der Waals surface area contributed by atoms with Gasteiger partial charge in [-0.25, -0.2) is 0 Å². The first-order valence-corrected chi connectivity index (χ1v) is 6.72. The van der Waals surface area contributed by atoms with Gasteiger partial charge in [0.15, 0.2) is 0 Å². The second kappa shape index (κ2) is 6.17. The number of hydrogen-bond donors (Lipinski definition) is 2. The van der Waals surface area contributed by atoms with E-state index in [-0.39, 0.29) is 12.3 Å². The molecule has 0 bridgehead atoms. The maximum absolute atomic E-state index is 12.0. The van der Waals surface area contributed by atoms with Gasteiger partial charge in [-0.3, -0.25) is 4.79 Å². The molecule has 1 aliphatic carbocycles. The number of methoxy groups -OCH3 is 1. The summed E-state index contributed by atoms with van der Waals surface area (Å²) in [5.41, 5.74) is 0.896. The molecular weight excluding hydrogens is 242 g/mol. The summed E-state index contributed by atoms with van der Waals surface area (Å²) in [5, 5.41) is 13.1. The van der Waals surface area contributed by atoms with E-state index >= 15 is 0 Å². The van der Waals surface area contributed by atoms with Crippen molar-refractivity contribution in [2.24, 2.45) is 0 Å². The number of anilines is 1. The topological polar surface area (TPSA) is 58.6 Å². The molecule has 104 valence electrons. The summed E-state index contributed by atoms with van der Waals surface area (Å²) in [6.45, 7) is 0.459. The van der Waals surface area contributed by atoms with Crippen LogP contribution < -0.4 is 5.32 Å². The number of hydrogen-bond acceptors (Lipinski definition) is 3. The van der Waals surface area contributed by atoms with Crippen molar-refractivity contribution >= 4 is 11.6 Å². The number of ether oxygens (including phenoxy) is 1. The van der Waals surface area contributed by atoms with Crippen molar-refractivity contribution in [1.82, 2.24) is 0 Å². The molecule has 0 atom stereocenters. The Kier molecular flexibility index (Phi) is 4.56. The van der Waals surface area contributed by atoms with Crippen LogP contribution in [0.1, 0.15) is 37.7 Å². The highest BCUT2D eigenvalue weighted by atomic mass is 16.5. The van der Waals surface area contributed by atoms with Crippen molar-refractivity contribution in [2.75, 3.05) is 12.4 Å². The zero-order chi connectivity index (χ0) is 13.7. The Balaban J connectivity index is 1.98. The number of nitrogens with one attached hydrogen (secondary N) is 1. The van der Waals surface area contributed by atoms with Crippen molar-refractivity contribution in [3.63, 3.8) is 0 Å². The van der Waals surface area contributed by atoms with Gasteiger partial charge in [-0.1, -0.05) is 31.0 Å². The lowest BCUT2D eigenvalue weighted by Crippen LogP contribution is -2.30. The van der Waals surface area contributed by atoms with Crippen LogP contribution >= 0.6 is 0 Å². The first-order valence-electron chi connectivity index (χ1n) is 6.72. The molecule has 4 heteroatoms. The lowest BCUT2D eigenvalue weighted by atomic mass is 9.97. The molecule has 0 heterocycles. The SMILES string of the molecule is COCc1ccccc1NC(=O)CC1(O)CCCC1. The highest BCUT2D eigenvalue weighted by molar-refractivity contribution is 5.92. The summed E-state index contributed by atoms with van der Waals surface area (Å²) in [7, 11) is 1.62. The zero-order valence-corrected chi connectivity index (χ0v) is 11.3. The van der Waals surface area contributed by atoms with E-state index in [1.807, 2.05) is 24.3 Å². The van der Waals surface area contributed by atoms with Gasteiger partial charge in [0, 0.05) is 18.4 Å². The summed E-state index contributed by atoms with van der Waals surface area (Å²) < 4.78 is 5.10. The molecule has 1 saturated carbocycles. The predicted molar refractivity (Wildman–Crippen MR) is 73.8 cm³/mol. The van der Waals surface area contributed by atoms with Gasteiger partial charge in [0.1, 0.15) is 0 Å². The van der Waals surface area contributed by atoms with Gasteiger partial charge in [-0.15, -0.1) is 0 Å². The van der Waals surface area contributed by atoms with Gasteiger partial charge in [0.05, 0.1) is 18.6 Å². The molecule has 4 nitrogen and oxygen atoms in total. The van der Waals surface area contributed by atoms with Crippen molar-refractivity contribution in [3.05, 3.63) is 29.8 Å². The Morgan fingerprint density at radius 3 is 2.74 bits per heavy atom. The Bertz CT molecular complexity index is 439. The highest BCUT2D eigenvalue weighted by Crippen LogP contribution is 2.32. The van der Waals surface area contributed by atoms with Crippen LogP contribution in [0.3, 0.4) is 0 Å². The fourth-order valence-electron chi connectivity index (χ4n) is 2.63. The number of benzene rings is 1. The minimum Gasteiger partial charge on any atom is -0.389 e. The summed E-state index contributed by atoms with van der Waals surface area (Å²) in [6.07, 6.45) is 3.63. The van der Waals surface area contributed by atoms with Gasteiger partial charge in [-0.05, 0) is 18.9 Å². The van der Waals surface area contributed by atoms with E-state index in [2.05, 4.69) is 5.32 Å². The third kappa shape index (κ3) is 3.78. The van der Waals surface area contributed by atoms with E-state index in [9.17, 15) is 9.90 Å². The lowest BCUT2D eigenvalue weighted by Gasteiger charge is -2.21. The average Bonchev–Trinajstić information content (AvgIpc) is 2.78. The van der Waals surface area contributed by atoms with Crippen LogP contribution in [-0.4, -0.2) is 23.7 Å². The number of carbonyl (C=O) groups excluding carboxylic acids is 1. The fraction of sp³-hybridized carbons (Fsp3) is 0.533. The third-order valence-corrected chi connectivity index (χ3v) is 3.62. The van der Waals surface area contributed by atoms with E-state index in [0.29, 0.717) is 6.61 Å². The largest absolute Gasteiger partial charge is 0.389 e. The summed E-state index contributed by atoms with van der Waals surface area (Å²) >= 11 is 0. The second-order valence-electron chi connectivity index (χ2n) is 5.25. The summed E-state index contributed by atoms with van der Waals surface area (Å²) in [4.78, 5) is 12.0. The maximum Gasteiger partial charge on any atom is 0.227 e. The van der Waals surface area contributed by atoms with Crippen molar-refractivity contribution < 1.29 is 14.6 Å². The maximum atomic E-state index is 12.0. The monoisotopic (exact) mass is 263 g/mol. The molecular formula is C15H21NO3. The van der Waals surface area contributed by atoms with Crippen molar-refractivity contribution in [2.45, 2.75) is 44.3 Å². The number of carbonyl (C=O) groups is 1. The molecule has 0 aliphatic heterocycles. The molecule has 2 rings (SSSR count). The minimum atomic E-state index is -0.805. The van der Waals surface area contributed by atoms with Crippen LogP contribution in [0.4, 0.5) is 5.69 Å². The molecule has 19 heavy (non-hydrogen) atoms. The van der Waals surface area contributed by atoms with Crippen LogP contribution in [0.2, 0.25) is 0 Å². The second-order valence-corrected chi connectivity index (χ2v) is 5.25. The molecule has 0 spiro atoms. The lowest BCUT2D eigenvalue weighted by molar-refractivity contribution is -0.120. The zero-order valence-electron chi connectivity index (χ0n) is 11.3. The molecule has 1 amide bonds. The molecule has 0 aromatic heterocycles. The molecule has 1 fully saturated rings. The smallest absolute Gasteiger partial charge is 0.227 e. The predicted octanol–water partition coefficient (Wildman–Crippen LogP) is 2.47. The van der Waals surface area contributed by atoms with Crippen LogP contribution in [-0.2, 0) is 16.1 Å². The van der Waals surface area contributed by atoms with Crippen molar-refractivity contribution in [1.29, 1.82) is 0 Å². The van der Waals surface area contributed by atoms with Gasteiger partial charge >= 0.3 is 0 Å². The summed E-state index contributed by atoms with van der Waals surface area (Å²) in [5.74, 6) is -0.132. The first-order chi connectivity index (χ1) is 9.13. The number of para-hydroxylation sites is 1. The molecule has 0 radical (unpaired) electrons. The molecule has 1 aliphatic rings. The number of rotatable bonds is 5. The standard InChI is InChI=1S/C15H21NO3/c1-19-11-12-6-2-3-7-13(12)16-14(17)10-15(18)8-4-5-9-15/h2-3,6-7,18H,4-5,8-11H2,1H3,(H,16,17). The Morgan fingerprint density at radius 1 is 1.37 bits per heavy atom. The van der Waals surface area contributed by atoms with Gasteiger partial charge in [0.2, 0.25) is 5.91 Å². The van der Waals surface area contributed by atoms with Crippen LogP contribution in [0.25, 0.3) is 0 Å². The molecule has 1 aromatic carbocycles. The quantitative estimate of drug-likeness (QED) is 0.858.